The zero-order valence-electron chi connectivity index (χ0n) is 21.5. The van der Waals surface area contributed by atoms with Crippen molar-refractivity contribution in [3.63, 3.8) is 0 Å². The number of hydrogen-bond donors (Lipinski definition) is 2. The van der Waals surface area contributed by atoms with Crippen LogP contribution < -0.4 is 0 Å². The Morgan fingerprint density at radius 3 is 2.81 bits per heavy atom. The number of likely N-dealkylation sites (N-methyl/N-ethyl adjacent to an activating group) is 1. The van der Waals surface area contributed by atoms with E-state index in [1.807, 2.05) is 25.2 Å². The van der Waals surface area contributed by atoms with Gasteiger partial charge in [0.25, 0.3) is 0 Å². The van der Waals surface area contributed by atoms with E-state index in [0.717, 1.165) is 35.7 Å². The molecular formula is C30H35N3O3. The summed E-state index contributed by atoms with van der Waals surface area (Å²) in [5.41, 5.74) is 4.73. The molecule has 8 atom stereocenters. The molecule has 1 aromatic heterocycles. The molecule has 1 saturated heterocycles. The van der Waals surface area contributed by atoms with Gasteiger partial charge in [-0.15, -0.1) is 0 Å². The van der Waals surface area contributed by atoms with Crippen molar-refractivity contribution in [2.24, 2.45) is 17.3 Å². The molecule has 0 radical (unpaired) electrons. The molecule has 188 valence electrons. The maximum Gasteiger partial charge on any atom is 0.116 e. The number of fused-ring (bicyclic) bond motifs is 2. The van der Waals surface area contributed by atoms with E-state index < -0.39 is 17.8 Å². The fraction of sp³-hybridized carbons (Fsp3) is 0.533. The van der Waals surface area contributed by atoms with Crippen molar-refractivity contribution in [2.75, 3.05) is 14.1 Å². The molecule has 5 aliphatic rings. The minimum atomic E-state index is -0.899. The molecule has 36 heavy (non-hydrogen) atoms. The van der Waals surface area contributed by atoms with Gasteiger partial charge in [0.15, 0.2) is 0 Å². The van der Waals surface area contributed by atoms with E-state index in [1.165, 1.54) is 16.7 Å². The average Bonchev–Trinajstić information content (AvgIpc) is 3.39. The first-order valence-electron chi connectivity index (χ1n) is 13.3. The maximum atomic E-state index is 11.2. The summed E-state index contributed by atoms with van der Waals surface area (Å²) in [6.07, 6.45) is 12.3. The number of aliphatic hydroxyl groups excluding tert-OH is 2. The van der Waals surface area contributed by atoms with Gasteiger partial charge in [0, 0.05) is 29.0 Å². The van der Waals surface area contributed by atoms with Gasteiger partial charge in [-0.25, -0.2) is 9.97 Å². The molecule has 3 aliphatic carbocycles. The van der Waals surface area contributed by atoms with Gasteiger partial charge in [0.05, 0.1) is 22.8 Å². The van der Waals surface area contributed by atoms with Crippen molar-refractivity contribution in [3.8, 4) is 0 Å². The third-order valence-electron chi connectivity index (χ3n) is 10.5. The summed E-state index contributed by atoms with van der Waals surface area (Å²) in [5, 5.41) is 23.2. The van der Waals surface area contributed by atoms with E-state index in [2.05, 4.69) is 60.2 Å². The van der Waals surface area contributed by atoms with Crippen LogP contribution in [0.2, 0.25) is 0 Å². The fourth-order valence-corrected chi connectivity index (χ4v) is 8.40. The van der Waals surface area contributed by atoms with Gasteiger partial charge >= 0.3 is 0 Å². The first-order chi connectivity index (χ1) is 17.2. The van der Waals surface area contributed by atoms with Crippen molar-refractivity contribution in [3.05, 3.63) is 65.7 Å². The van der Waals surface area contributed by atoms with Gasteiger partial charge in [-0.3, -0.25) is 0 Å². The Labute approximate surface area is 212 Å². The van der Waals surface area contributed by atoms with Crippen molar-refractivity contribution >= 4 is 16.5 Å². The summed E-state index contributed by atoms with van der Waals surface area (Å²) < 4.78 is 7.27. The highest BCUT2D eigenvalue weighted by molar-refractivity contribution is 5.84. The summed E-state index contributed by atoms with van der Waals surface area (Å²) in [5.74, 6) is 0.613. The highest BCUT2D eigenvalue weighted by Gasteiger charge is 2.68. The topological polar surface area (TPSA) is 78.7 Å². The Morgan fingerprint density at radius 1 is 1.17 bits per heavy atom. The Balaban J connectivity index is 1.33. The number of aliphatic hydroxyl groups is 2. The number of rotatable bonds is 2. The van der Waals surface area contributed by atoms with Crippen molar-refractivity contribution in [1.29, 1.82) is 0 Å². The second-order valence-electron chi connectivity index (χ2n) is 12.2. The van der Waals surface area contributed by atoms with Crippen LogP contribution in [-0.4, -0.2) is 68.6 Å². The number of benzene rings is 1. The average molecular weight is 486 g/mol. The molecule has 2 aliphatic heterocycles. The van der Waals surface area contributed by atoms with E-state index in [9.17, 15) is 10.2 Å². The second-order valence-corrected chi connectivity index (χ2v) is 12.2. The Morgan fingerprint density at radius 2 is 2.00 bits per heavy atom. The van der Waals surface area contributed by atoms with E-state index in [4.69, 9.17) is 4.74 Å². The smallest absolute Gasteiger partial charge is 0.116 e. The molecule has 2 bridgehead atoms. The first-order valence-corrected chi connectivity index (χ1v) is 13.3. The predicted octanol–water partition coefficient (Wildman–Crippen LogP) is 3.90. The number of allylic oxidation sites excluding steroid dienone is 3. The Bertz CT molecular complexity index is 1360. The molecule has 2 aromatic rings. The summed E-state index contributed by atoms with van der Waals surface area (Å²) in [4.78, 5) is 10.7. The van der Waals surface area contributed by atoms with Crippen LogP contribution in [0.3, 0.4) is 0 Å². The van der Waals surface area contributed by atoms with Crippen LogP contribution in [0.25, 0.3) is 16.5 Å². The van der Waals surface area contributed by atoms with E-state index in [0.29, 0.717) is 18.3 Å². The van der Waals surface area contributed by atoms with Gasteiger partial charge in [-0.2, -0.15) is 0 Å². The van der Waals surface area contributed by atoms with E-state index in [-0.39, 0.29) is 17.1 Å². The third kappa shape index (κ3) is 2.71. The molecule has 8 unspecified atom stereocenters. The lowest BCUT2D eigenvalue weighted by atomic mass is 9.54. The molecule has 1 aromatic carbocycles. The van der Waals surface area contributed by atoms with Gasteiger partial charge in [0.2, 0.25) is 0 Å². The van der Waals surface area contributed by atoms with Gasteiger partial charge in [-0.05, 0) is 74.0 Å². The summed E-state index contributed by atoms with van der Waals surface area (Å²) >= 11 is 0. The second kappa shape index (κ2) is 7.35. The number of hydrogen-bond acceptors (Lipinski definition) is 6. The van der Waals surface area contributed by atoms with Crippen LogP contribution in [0, 0.1) is 17.3 Å². The van der Waals surface area contributed by atoms with Crippen LogP contribution in [0.1, 0.15) is 45.1 Å². The van der Waals surface area contributed by atoms with Crippen LogP contribution in [0.15, 0.2) is 60.1 Å². The molecule has 0 amide bonds. The zero-order valence-corrected chi connectivity index (χ0v) is 21.5. The molecular weight excluding hydrogens is 450 g/mol. The summed E-state index contributed by atoms with van der Waals surface area (Å²) in [6.45, 7) is 4.74. The Hall–Kier alpha value is -2.38. The van der Waals surface area contributed by atoms with E-state index in [1.54, 1.807) is 6.33 Å². The highest BCUT2D eigenvalue weighted by atomic mass is 16.5. The molecule has 7 rings (SSSR count). The van der Waals surface area contributed by atoms with Crippen LogP contribution >= 0.6 is 0 Å². The monoisotopic (exact) mass is 485 g/mol. The minimum Gasteiger partial charge on any atom is -0.388 e. The fourth-order valence-electron chi connectivity index (χ4n) is 8.40. The summed E-state index contributed by atoms with van der Waals surface area (Å²) in [6, 6.07) is 6.41. The molecule has 3 heterocycles. The molecule has 1 saturated carbocycles. The standard InChI is InChI=1S/C30H35N3O3/c1-17-11-20-13-22-26(34)27(35)24(33(3)4)14-29(22)9-10-30(20,36-29)25-8-7-21(28(17,25)2)18-5-6-19-15-31-16-32-23(19)12-18/h5-7,11-13,15-17,24-27,34-35H,8-10,14H2,1-4H3. The lowest BCUT2D eigenvalue weighted by Gasteiger charge is -2.57. The SMILES string of the molecule is CC1C=C2C=C3C(O)C(O)C(N(C)C)CC34CCC2(O4)C2CC=C(c3ccc4cncnc4c3)C12C. The number of aromatic nitrogens is 2. The highest BCUT2D eigenvalue weighted by Crippen LogP contribution is 2.69. The van der Waals surface area contributed by atoms with Crippen LogP contribution in [-0.2, 0) is 4.74 Å². The van der Waals surface area contributed by atoms with Crippen molar-refractivity contribution in [2.45, 2.75) is 69.0 Å². The quantitative estimate of drug-likeness (QED) is 0.672. The molecule has 2 fully saturated rings. The Kier molecular flexibility index (Phi) is 4.65. The minimum absolute atomic E-state index is 0.0746. The lowest BCUT2D eigenvalue weighted by Crippen LogP contribution is -2.62. The van der Waals surface area contributed by atoms with Crippen molar-refractivity contribution < 1.29 is 14.9 Å². The summed E-state index contributed by atoms with van der Waals surface area (Å²) in [7, 11) is 3.96. The maximum absolute atomic E-state index is 11.2. The molecule has 6 nitrogen and oxygen atoms in total. The van der Waals surface area contributed by atoms with Crippen molar-refractivity contribution in [1.82, 2.24) is 14.9 Å². The number of nitrogens with zero attached hydrogens (tertiary/aromatic N) is 3. The van der Waals surface area contributed by atoms with Gasteiger partial charge in [0.1, 0.15) is 12.4 Å². The number of ether oxygens (including phenoxy) is 1. The zero-order chi connectivity index (χ0) is 25.0. The van der Waals surface area contributed by atoms with E-state index >= 15 is 0 Å². The van der Waals surface area contributed by atoms with Gasteiger partial charge < -0.3 is 19.8 Å². The third-order valence-corrected chi connectivity index (χ3v) is 10.5. The largest absolute Gasteiger partial charge is 0.388 e. The predicted molar refractivity (Wildman–Crippen MR) is 139 cm³/mol. The van der Waals surface area contributed by atoms with Gasteiger partial charge in [-0.1, -0.05) is 44.2 Å². The molecule has 2 N–H and O–H groups in total. The lowest BCUT2D eigenvalue weighted by molar-refractivity contribution is -0.165. The van der Waals surface area contributed by atoms with Crippen LogP contribution in [0.5, 0.6) is 0 Å². The van der Waals surface area contributed by atoms with Crippen LogP contribution in [0.4, 0.5) is 0 Å². The normalized spacial score (nSPS) is 43.0. The molecule has 2 spiro atoms. The first kappa shape index (κ1) is 22.8. The molecule has 6 heteroatoms.